The van der Waals surface area contributed by atoms with Crippen molar-refractivity contribution in [2.45, 2.75) is 43.6 Å². The van der Waals surface area contributed by atoms with Gasteiger partial charge in [0.1, 0.15) is 12.1 Å². The normalized spacial score (nSPS) is 37.1. The molecule has 3 heterocycles. The molecule has 3 aliphatic heterocycles. The minimum absolute atomic E-state index is 0.0602. The molecule has 0 aromatic heterocycles. The number of piperazine rings is 1. The van der Waals surface area contributed by atoms with Crippen molar-refractivity contribution in [3.63, 3.8) is 0 Å². The molecule has 0 aromatic carbocycles. The fourth-order valence-corrected chi connectivity index (χ4v) is 4.70. The Morgan fingerprint density at radius 3 is 2.95 bits per heavy atom. The van der Waals surface area contributed by atoms with Gasteiger partial charge in [0.15, 0.2) is 0 Å². The first kappa shape index (κ1) is 13.7. The van der Waals surface area contributed by atoms with Crippen LogP contribution in [0.5, 0.6) is 0 Å². The number of nitrogens with one attached hydrogen (secondary N) is 1. The molecule has 0 spiro atoms. The topological polar surface area (TPSA) is 69.7 Å². The minimum Gasteiger partial charge on any atom is -0.353 e. The Morgan fingerprint density at radius 1 is 1.45 bits per heavy atom. The van der Waals surface area contributed by atoms with Gasteiger partial charge in [-0.05, 0) is 20.3 Å². The zero-order valence-electron chi connectivity index (χ0n) is 11.7. The maximum Gasteiger partial charge on any atom is 0.247 e. The molecule has 0 aromatic rings. The summed E-state index contributed by atoms with van der Waals surface area (Å²) in [6.45, 7) is 4.77. The Labute approximate surface area is 122 Å². The van der Waals surface area contributed by atoms with Crippen LogP contribution in [0, 0.1) is 0 Å². The second kappa shape index (κ2) is 4.65. The van der Waals surface area contributed by atoms with E-state index in [0.717, 1.165) is 6.42 Å². The van der Waals surface area contributed by atoms with Crippen molar-refractivity contribution in [1.29, 1.82) is 0 Å². The number of carbonyl (C=O) groups is 3. The number of rotatable bonds is 1. The van der Waals surface area contributed by atoms with Gasteiger partial charge < -0.3 is 15.1 Å². The van der Waals surface area contributed by atoms with E-state index in [1.54, 1.807) is 28.5 Å². The monoisotopic (exact) mass is 297 g/mol. The van der Waals surface area contributed by atoms with Crippen LogP contribution in [0.3, 0.4) is 0 Å². The number of nitrogens with zero attached hydrogens (tertiary/aromatic N) is 2. The SMILES string of the molecule is CC1C(=O)NCCN1C(=O)C1CSC2(C)CCC(=O)N12. The van der Waals surface area contributed by atoms with Gasteiger partial charge in [-0.25, -0.2) is 0 Å². The summed E-state index contributed by atoms with van der Waals surface area (Å²) in [5.74, 6) is 0.487. The molecule has 20 heavy (non-hydrogen) atoms. The Bertz CT molecular complexity index is 483. The van der Waals surface area contributed by atoms with Crippen LogP contribution in [-0.4, -0.2) is 63.3 Å². The molecule has 6 nitrogen and oxygen atoms in total. The molecule has 0 aliphatic carbocycles. The summed E-state index contributed by atoms with van der Waals surface area (Å²) in [7, 11) is 0. The van der Waals surface area contributed by atoms with E-state index in [4.69, 9.17) is 0 Å². The van der Waals surface area contributed by atoms with Gasteiger partial charge in [-0.15, -0.1) is 11.8 Å². The molecule has 0 saturated carbocycles. The highest BCUT2D eigenvalue weighted by Gasteiger charge is 2.54. The maximum absolute atomic E-state index is 12.7. The Hall–Kier alpha value is -1.24. The summed E-state index contributed by atoms with van der Waals surface area (Å²) in [5.41, 5.74) is 0. The van der Waals surface area contributed by atoms with Gasteiger partial charge in [-0.3, -0.25) is 14.4 Å². The molecule has 3 amide bonds. The zero-order valence-corrected chi connectivity index (χ0v) is 12.5. The van der Waals surface area contributed by atoms with E-state index in [1.165, 1.54) is 0 Å². The van der Waals surface area contributed by atoms with Crippen LogP contribution in [0.4, 0.5) is 0 Å². The number of thioether (sulfide) groups is 1. The first-order valence-corrected chi connectivity index (χ1v) is 7.97. The molecule has 3 fully saturated rings. The van der Waals surface area contributed by atoms with Gasteiger partial charge in [0.2, 0.25) is 17.7 Å². The lowest BCUT2D eigenvalue weighted by Gasteiger charge is -2.37. The van der Waals surface area contributed by atoms with Gasteiger partial charge in [0.05, 0.1) is 4.87 Å². The van der Waals surface area contributed by atoms with E-state index < -0.39 is 12.1 Å². The molecule has 3 saturated heterocycles. The fraction of sp³-hybridized carbons (Fsp3) is 0.769. The van der Waals surface area contributed by atoms with Crippen LogP contribution in [0.2, 0.25) is 0 Å². The number of hydrogen-bond donors (Lipinski definition) is 1. The molecule has 110 valence electrons. The first-order valence-electron chi connectivity index (χ1n) is 6.98. The van der Waals surface area contributed by atoms with Crippen molar-refractivity contribution in [2.75, 3.05) is 18.8 Å². The number of hydrogen-bond acceptors (Lipinski definition) is 4. The highest BCUT2D eigenvalue weighted by atomic mass is 32.2. The lowest BCUT2D eigenvalue weighted by Crippen LogP contribution is -2.60. The Morgan fingerprint density at radius 2 is 2.20 bits per heavy atom. The smallest absolute Gasteiger partial charge is 0.247 e. The third-order valence-corrected chi connectivity index (χ3v) is 6.02. The molecule has 0 radical (unpaired) electrons. The maximum atomic E-state index is 12.7. The highest BCUT2D eigenvalue weighted by molar-refractivity contribution is 8.01. The predicted molar refractivity (Wildman–Crippen MR) is 74.9 cm³/mol. The summed E-state index contributed by atoms with van der Waals surface area (Å²) in [4.78, 5) is 39.6. The van der Waals surface area contributed by atoms with Gasteiger partial charge in [-0.2, -0.15) is 0 Å². The van der Waals surface area contributed by atoms with Gasteiger partial charge in [-0.1, -0.05) is 0 Å². The number of amides is 3. The first-order chi connectivity index (χ1) is 9.44. The minimum atomic E-state index is -0.453. The lowest BCUT2D eigenvalue weighted by atomic mass is 10.1. The van der Waals surface area contributed by atoms with Crippen molar-refractivity contribution in [3.8, 4) is 0 Å². The Kier molecular flexibility index (Phi) is 3.19. The van der Waals surface area contributed by atoms with E-state index in [1.807, 2.05) is 6.92 Å². The van der Waals surface area contributed by atoms with Gasteiger partial charge in [0.25, 0.3) is 0 Å². The van der Waals surface area contributed by atoms with Gasteiger partial charge >= 0.3 is 0 Å². The second-order valence-electron chi connectivity index (χ2n) is 5.76. The van der Waals surface area contributed by atoms with Gasteiger partial charge in [0, 0.05) is 25.3 Å². The van der Waals surface area contributed by atoms with Crippen LogP contribution in [-0.2, 0) is 14.4 Å². The molecule has 0 bridgehead atoms. The average molecular weight is 297 g/mol. The third kappa shape index (κ3) is 1.90. The third-order valence-electron chi connectivity index (χ3n) is 4.51. The average Bonchev–Trinajstić information content (AvgIpc) is 2.90. The van der Waals surface area contributed by atoms with E-state index in [9.17, 15) is 14.4 Å². The van der Waals surface area contributed by atoms with E-state index in [0.29, 0.717) is 25.3 Å². The van der Waals surface area contributed by atoms with Crippen molar-refractivity contribution in [3.05, 3.63) is 0 Å². The van der Waals surface area contributed by atoms with E-state index >= 15 is 0 Å². The van der Waals surface area contributed by atoms with Crippen molar-refractivity contribution >= 4 is 29.5 Å². The second-order valence-corrected chi connectivity index (χ2v) is 7.27. The Balaban J connectivity index is 1.81. The van der Waals surface area contributed by atoms with Crippen LogP contribution in [0.25, 0.3) is 0 Å². The summed E-state index contributed by atoms with van der Waals surface area (Å²) in [6, 6.07) is -0.862. The lowest BCUT2D eigenvalue weighted by molar-refractivity contribution is -0.149. The van der Waals surface area contributed by atoms with Crippen LogP contribution in [0.15, 0.2) is 0 Å². The molecule has 3 unspecified atom stereocenters. The van der Waals surface area contributed by atoms with Crippen LogP contribution >= 0.6 is 11.8 Å². The largest absolute Gasteiger partial charge is 0.353 e. The number of carbonyl (C=O) groups excluding carboxylic acids is 3. The quantitative estimate of drug-likeness (QED) is 0.727. The zero-order chi connectivity index (χ0) is 14.5. The number of fused-ring (bicyclic) bond motifs is 1. The molecule has 7 heteroatoms. The summed E-state index contributed by atoms with van der Waals surface area (Å²) in [5, 5.41) is 2.75. The molecule has 1 N–H and O–H groups in total. The standard InChI is InChI=1S/C13H19N3O3S/c1-8-11(18)14-5-6-15(8)12(19)9-7-20-13(2)4-3-10(17)16(9)13/h8-9H,3-7H2,1-2H3,(H,14,18). The van der Waals surface area contributed by atoms with Crippen molar-refractivity contribution in [1.82, 2.24) is 15.1 Å². The van der Waals surface area contributed by atoms with E-state index in [2.05, 4.69) is 5.32 Å². The highest BCUT2D eigenvalue weighted by Crippen LogP contribution is 2.47. The summed E-state index contributed by atoms with van der Waals surface area (Å²) >= 11 is 1.68. The molecular formula is C13H19N3O3S. The predicted octanol–water partition coefficient (Wildman–Crippen LogP) is -0.213. The van der Waals surface area contributed by atoms with Crippen molar-refractivity contribution < 1.29 is 14.4 Å². The molecule has 3 rings (SSSR count). The van der Waals surface area contributed by atoms with E-state index in [-0.39, 0.29) is 22.6 Å². The van der Waals surface area contributed by atoms with Crippen LogP contribution in [0.1, 0.15) is 26.7 Å². The molecule has 3 aliphatic rings. The summed E-state index contributed by atoms with van der Waals surface area (Å²) in [6.07, 6.45) is 1.32. The van der Waals surface area contributed by atoms with Crippen LogP contribution < -0.4 is 5.32 Å². The van der Waals surface area contributed by atoms with Crippen molar-refractivity contribution in [2.24, 2.45) is 0 Å². The summed E-state index contributed by atoms with van der Waals surface area (Å²) < 4.78 is 0. The molecule has 3 atom stereocenters. The molecular weight excluding hydrogens is 278 g/mol. The fourth-order valence-electron chi connectivity index (χ4n) is 3.28.